The zero-order chi connectivity index (χ0) is 18.7. The first-order valence-corrected chi connectivity index (χ1v) is 7.87. The summed E-state index contributed by atoms with van der Waals surface area (Å²) in [5, 5.41) is 4.83. The normalized spacial score (nSPS) is 14.0. The molecule has 0 saturated heterocycles. The molecule has 0 aromatic heterocycles. The molecule has 1 aliphatic rings. The number of alkyl halides is 2. The van der Waals surface area contributed by atoms with Crippen molar-refractivity contribution in [3.8, 4) is 11.5 Å². The van der Waals surface area contributed by atoms with Gasteiger partial charge in [0.15, 0.2) is 11.5 Å². The van der Waals surface area contributed by atoms with E-state index in [2.05, 4.69) is 20.1 Å². The quantitative estimate of drug-likeness (QED) is 0.820. The van der Waals surface area contributed by atoms with E-state index in [1.54, 1.807) is 0 Å². The van der Waals surface area contributed by atoms with E-state index in [-0.39, 0.29) is 17.2 Å². The Morgan fingerprint density at radius 2 is 1.81 bits per heavy atom. The van der Waals surface area contributed by atoms with Crippen LogP contribution in [0.2, 0.25) is 0 Å². The van der Waals surface area contributed by atoms with Gasteiger partial charge in [-0.2, -0.15) is 0 Å². The summed E-state index contributed by atoms with van der Waals surface area (Å²) in [6.07, 6.45) is -3.15. The van der Waals surface area contributed by atoms with Gasteiger partial charge in [-0.15, -0.1) is 8.78 Å². The van der Waals surface area contributed by atoms with Gasteiger partial charge in [-0.1, -0.05) is 29.8 Å². The fourth-order valence-electron chi connectivity index (χ4n) is 2.48. The number of nitrogens with one attached hydrogen (secondary N) is 2. The Labute approximate surface area is 148 Å². The van der Waals surface area contributed by atoms with Crippen LogP contribution >= 0.6 is 0 Å². The lowest BCUT2D eigenvalue weighted by Crippen LogP contribution is -2.36. The van der Waals surface area contributed by atoms with Gasteiger partial charge in [0.05, 0.1) is 0 Å². The van der Waals surface area contributed by atoms with Crippen molar-refractivity contribution in [1.29, 1.82) is 0 Å². The number of aryl methyl sites for hydroxylation is 1. The number of hydrogen-bond acceptors (Lipinski definition) is 4. The molecule has 0 aliphatic carbocycles. The maximum Gasteiger partial charge on any atom is 0.586 e. The maximum atomic E-state index is 13.0. The second-order valence-electron chi connectivity index (χ2n) is 5.78. The van der Waals surface area contributed by atoms with Crippen LogP contribution in [-0.2, 0) is 16.0 Å². The second kappa shape index (κ2) is 6.99. The van der Waals surface area contributed by atoms with Crippen molar-refractivity contribution in [3.05, 3.63) is 53.6 Å². The predicted molar refractivity (Wildman–Crippen MR) is 89.2 cm³/mol. The highest BCUT2D eigenvalue weighted by Gasteiger charge is 2.43. The first-order valence-electron chi connectivity index (χ1n) is 7.87. The summed E-state index contributed by atoms with van der Waals surface area (Å²) in [5.74, 6) is -2.08. The molecular weight excluding hydrogens is 346 g/mol. The molecule has 2 aromatic carbocycles. The average Bonchev–Trinajstić information content (AvgIpc) is 2.88. The van der Waals surface area contributed by atoms with Crippen molar-refractivity contribution >= 4 is 17.5 Å². The Hall–Kier alpha value is -3.16. The third kappa shape index (κ3) is 4.27. The van der Waals surface area contributed by atoms with E-state index in [0.717, 1.165) is 17.2 Å². The van der Waals surface area contributed by atoms with Crippen molar-refractivity contribution in [3.63, 3.8) is 0 Å². The number of carbonyl (C=O) groups is 2. The molecule has 8 heteroatoms. The molecule has 136 valence electrons. The van der Waals surface area contributed by atoms with Gasteiger partial charge in [0.2, 0.25) is 0 Å². The Bertz CT molecular complexity index is 855. The van der Waals surface area contributed by atoms with Crippen LogP contribution in [0.1, 0.15) is 11.1 Å². The third-order valence-electron chi connectivity index (χ3n) is 3.65. The van der Waals surface area contributed by atoms with Crippen LogP contribution in [0.3, 0.4) is 0 Å². The van der Waals surface area contributed by atoms with Crippen LogP contribution in [0, 0.1) is 6.92 Å². The SMILES string of the molecule is Cc1cccc(CCNC(=O)C(=O)Nc2ccc3c(c2)OC(F)(F)O3)c1. The monoisotopic (exact) mass is 362 g/mol. The van der Waals surface area contributed by atoms with E-state index >= 15 is 0 Å². The topological polar surface area (TPSA) is 76.7 Å². The highest BCUT2D eigenvalue weighted by molar-refractivity contribution is 6.39. The molecule has 1 aliphatic heterocycles. The van der Waals surface area contributed by atoms with Gasteiger partial charge in [0, 0.05) is 18.3 Å². The van der Waals surface area contributed by atoms with Crippen molar-refractivity contribution in [2.45, 2.75) is 19.6 Å². The Kier molecular flexibility index (Phi) is 4.75. The van der Waals surface area contributed by atoms with Gasteiger partial charge in [-0.05, 0) is 31.0 Å². The molecule has 2 aromatic rings. The zero-order valence-corrected chi connectivity index (χ0v) is 13.8. The van der Waals surface area contributed by atoms with Gasteiger partial charge in [0.1, 0.15) is 0 Å². The first-order chi connectivity index (χ1) is 12.3. The lowest BCUT2D eigenvalue weighted by molar-refractivity contribution is -0.286. The Morgan fingerprint density at radius 1 is 1.04 bits per heavy atom. The van der Waals surface area contributed by atoms with E-state index in [9.17, 15) is 18.4 Å². The summed E-state index contributed by atoms with van der Waals surface area (Å²) in [5.41, 5.74) is 2.30. The molecule has 0 fully saturated rings. The number of benzene rings is 2. The lowest BCUT2D eigenvalue weighted by atomic mass is 10.1. The van der Waals surface area contributed by atoms with Gasteiger partial charge >= 0.3 is 18.1 Å². The smallest absolute Gasteiger partial charge is 0.395 e. The number of hydrogen-bond donors (Lipinski definition) is 2. The van der Waals surface area contributed by atoms with Crippen LogP contribution < -0.4 is 20.1 Å². The lowest BCUT2D eigenvalue weighted by Gasteiger charge is -2.07. The molecule has 1 heterocycles. The molecule has 0 unspecified atom stereocenters. The third-order valence-corrected chi connectivity index (χ3v) is 3.65. The number of halogens is 2. The Morgan fingerprint density at radius 3 is 2.58 bits per heavy atom. The number of fused-ring (bicyclic) bond motifs is 1. The molecule has 0 atom stereocenters. The number of anilines is 1. The largest absolute Gasteiger partial charge is 0.586 e. The van der Waals surface area contributed by atoms with E-state index in [0.29, 0.717) is 13.0 Å². The molecule has 0 spiro atoms. The molecule has 0 radical (unpaired) electrons. The second-order valence-corrected chi connectivity index (χ2v) is 5.78. The molecular formula is C18H16F2N2O4. The molecule has 6 nitrogen and oxygen atoms in total. The number of carbonyl (C=O) groups excluding carboxylic acids is 2. The van der Waals surface area contributed by atoms with Crippen molar-refractivity contribution < 1.29 is 27.8 Å². The minimum Gasteiger partial charge on any atom is -0.395 e. The van der Waals surface area contributed by atoms with Crippen LogP contribution in [0.5, 0.6) is 11.5 Å². The molecule has 26 heavy (non-hydrogen) atoms. The number of rotatable bonds is 4. The van der Waals surface area contributed by atoms with Crippen LogP contribution in [0.4, 0.5) is 14.5 Å². The molecule has 3 rings (SSSR count). The first kappa shape index (κ1) is 17.7. The fourth-order valence-corrected chi connectivity index (χ4v) is 2.48. The highest BCUT2D eigenvalue weighted by Crippen LogP contribution is 2.42. The van der Waals surface area contributed by atoms with Crippen LogP contribution in [0.25, 0.3) is 0 Å². The van der Waals surface area contributed by atoms with Crippen molar-refractivity contribution in [2.75, 3.05) is 11.9 Å². The predicted octanol–water partition coefficient (Wildman–Crippen LogP) is 2.61. The van der Waals surface area contributed by atoms with E-state index in [4.69, 9.17) is 0 Å². The van der Waals surface area contributed by atoms with E-state index in [1.807, 2.05) is 31.2 Å². The molecule has 2 amide bonds. The van der Waals surface area contributed by atoms with Gasteiger partial charge in [0.25, 0.3) is 0 Å². The summed E-state index contributed by atoms with van der Waals surface area (Å²) in [7, 11) is 0. The van der Waals surface area contributed by atoms with Gasteiger partial charge in [-0.25, -0.2) is 0 Å². The highest BCUT2D eigenvalue weighted by atomic mass is 19.3. The summed E-state index contributed by atoms with van der Waals surface area (Å²) < 4.78 is 34.5. The van der Waals surface area contributed by atoms with E-state index in [1.165, 1.54) is 12.1 Å². The Balaban J connectivity index is 1.51. The minimum atomic E-state index is -3.74. The minimum absolute atomic E-state index is 0.142. The zero-order valence-electron chi connectivity index (χ0n) is 13.8. The summed E-state index contributed by atoms with van der Waals surface area (Å²) in [6.45, 7) is 2.26. The van der Waals surface area contributed by atoms with Crippen molar-refractivity contribution in [1.82, 2.24) is 5.32 Å². The number of ether oxygens (including phenoxy) is 2. The summed E-state index contributed by atoms with van der Waals surface area (Å²) in [6, 6.07) is 11.5. The van der Waals surface area contributed by atoms with Crippen LogP contribution in [-0.4, -0.2) is 24.7 Å². The molecule has 0 saturated carbocycles. The summed E-state index contributed by atoms with van der Waals surface area (Å²) >= 11 is 0. The van der Waals surface area contributed by atoms with Crippen molar-refractivity contribution in [2.24, 2.45) is 0 Å². The standard InChI is InChI=1S/C18H16F2N2O4/c1-11-3-2-4-12(9-11)7-8-21-16(23)17(24)22-13-5-6-14-15(10-13)26-18(19,20)25-14/h2-6,9-10H,7-8H2,1H3,(H,21,23)(H,22,24). The van der Waals surface area contributed by atoms with Crippen LogP contribution in [0.15, 0.2) is 42.5 Å². The van der Waals surface area contributed by atoms with Gasteiger partial charge in [-0.3, -0.25) is 9.59 Å². The maximum absolute atomic E-state index is 13.0. The van der Waals surface area contributed by atoms with E-state index < -0.39 is 18.1 Å². The molecule has 2 N–H and O–H groups in total. The summed E-state index contributed by atoms with van der Waals surface area (Å²) in [4.78, 5) is 23.7. The molecule has 0 bridgehead atoms. The average molecular weight is 362 g/mol. The van der Waals surface area contributed by atoms with Gasteiger partial charge < -0.3 is 20.1 Å². The number of amides is 2. The fraction of sp³-hybridized carbons (Fsp3) is 0.222.